The molecule has 9 nitrogen and oxygen atoms in total. The standard InChI is InChI=1S/C13H17BN2O5S.C2H4O2/c17-6-8-21-16-12(10-4-3-9-22-10)13(18)15-11-5-1-2-7-20-14(11)19;1-2(3)4/h1-4,9,11,17,19H,5-8H2,(H,15,18);1H3,(H,3,4)/b16-12+;. The monoisotopic (exact) mass is 384 g/mol. The van der Waals surface area contributed by atoms with Gasteiger partial charge in [0.25, 0.3) is 11.9 Å². The molecule has 0 aromatic carbocycles. The van der Waals surface area contributed by atoms with Gasteiger partial charge in [-0.2, -0.15) is 0 Å². The van der Waals surface area contributed by atoms with Crippen molar-refractivity contribution in [1.29, 1.82) is 0 Å². The summed E-state index contributed by atoms with van der Waals surface area (Å²) in [4.78, 5) is 26.9. The second kappa shape index (κ2) is 12.2. The van der Waals surface area contributed by atoms with Crippen LogP contribution in [0.15, 0.2) is 34.8 Å². The van der Waals surface area contributed by atoms with E-state index in [1.165, 1.54) is 11.3 Å². The predicted molar refractivity (Wildman–Crippen MR) is 96.8 cm³/mol. The molecule has 2 heterocycles. The molecular formula is C15H21BN2O7S. The van der Waals surface area contributed by atoms with Crippen molar-refractivity contribution in [1.82, 2.24) is 5.32 Å². The first-order valence-corrected chi connectivity index (χ1v) is 8.63. The highest BCUT2D eigenvalue weighted by atomic mass is 32.1. The summed E-state index contributed by atoms with van der Waals surface area (Å²) in [6, 6.07) is 3.53. The van der Waals surface area contributed by atoms with Crippen molar-refractivity contribution in [2.45, 2.75) is 19.3 Å². The molecule has 1 aliphatic heterocycles. The molecule has 1 atom stereocenters. The molecule has 2 rings (SSSR count). The maximum Gasteiger partial charge on any atom is 0.478 e. The third-order valence-electron chi connectivity index (χ3n) is 2.89. The minimum absolute atomic E-state index is 0.0000572. The summed E-state index contributed by atoms with van der Waals surface area (Å²) in [6.07, 6.45) is 4.08. The molecule has 0 aliphatic carbocycles. The first-order valence-electron chi connectivity index (χ1n) is 7.75. The first kappa shape index (κ1) is 21.8. The van der Waals surface area contributed by atoms with E-state index in [0.29, 0.717) is 17.9 Å². The molecular weight excluding hydrogens is 363 g/mol. The molecule has 1 aliphatic rings. The molecule has 26 heavy (non-hydrogen) atoms. The maximum atomic E-state index is 12.4. The zero-order valence-corrected chi connectivity index (χ0v) is 15.0. The summed E-state index contributed by atoms with van der Waals surface area (Å²) in [5.74, 6) is -1.86. The van der Waals surface area contributed by atoms with E-state index in [4.69, 9.17) is 24.5 Å². The lowest BCUT2D eigenvalue weighted by molar-refractivity contribution is -0.134. The van der Waals surface area contributed by atoms with Crippen LogP contribution in [0.1, 0.15) is 18.2 Å². The largest absolute Gasteiger partial charge is 0.481 e. The van der Waals surface area contributed by atoms with Gasteiger partial charge in [0.2, 0.25) is 0 Å². The number of carbonyl (C=O) groups is 2. The van der Waals surface area contributed by atoms with Crippen LogP contribution in [0.5, 0.6) is 0 Å². The first-order chi connectivity index (χ1) is 12.5. The van der Waals surface area contributed by atoms with Gasteiger partial charge in [0.1, 0.15) is 6.61 Å². The van der Waals surface area contributed by atoms with E-state index in [0.717, 1.165) is 6.92 Å². The van der Waals surface area contributed by atoms with Crippen LogP contribution in [0.3, 0.4) is 0 Å². The van der Waals surface area contributed by atoms with Crippen LogP contribution >= 0.6 is 11.3 Å². The van der Waals surface area contributed by atoms with Crippen LogP contribution in [0.4, 0.5) is 0 Å². The molecule has 1 amide bonds. The van der Waals surface area contributed by atoms with Gasteiger partial charge < -0.3 is 30.0 Å². The quantitative estimate of drug-likeness (QED) is 0.179. The number of thiophene rings is 1. The molecule has 0 radical (unpaired) electrons. The molecule has 0 saturated heterocycles. The summed E-state index contributed by atoms with van der Waals surface area (Å²) in [6.45, 7) is 1.20. The number of aliphatic hydroxyl groups excluding tert-OH is 1. The number of hydrogen-bond donors (Lipinski definition) is 4. The van der Waals surface area contributed by atoms with E-state index < -0.39 is 24.9 Å². The van der Waals surface area contributed by atoms with Gasteiger partial charge in [-0.1, -0.05) is 23.4 Å². The molecule has 1 unspecified atom stereocenters. The highest BCUT2D eigenvalue weighted by Crippen LogP contribution is 2.12. The van der Waals surface area contributed by atoms with Crippen molar-refractivity contribution >= 4 is 36.0 Å². The number of rotatable bonds is 6. The smallest absolute Gasteiger partial charge is 0.478 e. The predicted octanol–water partition coefficient (Wildman–Crippen LogP) is 0.0330. The molecule has 0 fully saturated rings. The number of carboxylic acid groups (broad SMARTS) is 1. The molecule has 11 heteroatoms. The molecule has 1 aromatic heterocycles. The van der Waals surface area contributed by atoms with Crippen LogP contribution in [0, 0.1) is 0 Å². The van der Waals surface area contributed by atoms with Crippen molar-refractivity contribution in [2.75, 3.05) is 19.8 Å². The summed E-state index contributed by atoms with van der Waals surface area (Å²) in [7, 11) is -1.08. The highest BCUT2D eigenvalue weighted by Gasteiger charge is 2.30. The van der Waals surface area contributed by atoms with E-state index >= 15 is 0 Å². The second-order valence-electron chi connectivity index (χ2n) is 5.00. The number of aliphatic hydroxyl groups is 1. The van der Waals surface area contributed by atoms with Gasteiger partial charge >= 0.3 is 7.12 Å². The lowest BCUT2D eigenvalue weighted by Gasteiger charge is -2.17. The number of oxime groups is 1. The second-order valence-corrected chi connectivity index (χ2v) is 5.95. The van der Waals surface area contributed by atoms with Gasteiger partial charge in [0.05, 0.1) is 17.4 Å². The van der Waals surface area contributed by atoms with Crippen molar-refractivity contribution < 1.29 is 34.3 Å². The number of nitrogens with zero attached hydrogens (tertiary/aromatic N) is 1. The van der Waals surface area contributed by atoms with Crippen LogP contribution < -0.4 is 5.32 Å². The summed E-state index contributed by atoms with van der Waals surface area (Å²) in [5.41, 5.74) is 0.101. The lowest BCUT2D eigenvalue weighted by atomic mass is 9.77. The average Bonchev–Trinajstić information content (AvgIpc) is 3.03. The Kier molecular flexibility index (Phi) is 10.2. The molecule has 0 bridgehead atoms. The number of hydrogen-bond acceptors (Lipinski definition) is 8. The topological polar surface area (TPSA) is 138 Å². The van der Waals surface area contributed by atoms with Crippen LogP contribution in [0.25, 0.3) is 0 Å². The molecule has 4 N–H and O–H groups in total. The van der Waals surface area contributed by atoms with Gasteiger partial charge in [-0.05, 0) is 17.9 Å². The summed E-state index contributed by atoms with van der Waals surface area (Å²) < 4.78 is 5.14. The Bertz CT molecular complexity index is 618. The number of amides is 1. The fourth-order valence-corrected chi connectivity index (χ4v) is 2.53. The molecule has 142 valence electrons. The van der Waals surface area contributed by atoms with E-state index in [-0.39, 0.29) is 18.9 Å². The minimum Gasteiger partial charge on any atom is -0.481 e. The van der Waals surface area contributed by atoms with Crippen LogP contribution in [-0.4, -0.2) is 65.7 Å². The van der Waals surface area contributed by atoms with Gasteiger partial charge in [0.15, 0.2) is 5.71 Å². The van der Waals surface area contributed by atoms with E-state index in [1.54, 1.807) is 18.2 Å². The maximum absolute atomic E-state index is 12.4. The third-order valence-corrected chi connectivity index (χ3v) is 3.77. The number of nitrogens with one attached hydrogen (secondary N) is 1. The summed E-state index contributed by atoms with van der Waals surface area (Å²) >= 11 is 1.34. The van der Waals surface area contributed by atoms with Gasteiger partial charge in [-0.25, -0.2) is 0 Å². The highest BCUT2D eigenvalue weighted by molar-refractivity contribution is 7.13. The third kappa shape index (κ3) is 8.25. The van der Waals surface area contributed by atoms with E-state index in [9.17, 15) is 9.82 Å². The molecule has 0 spiro atoms. The normalized spacial score (nSPS) is 17.0. The number of carbonyl (C=O) groups excluding carboxylic acids is 1. The van der Waals surface area contributed by atoms with Crippen molar-refractivity contribution in [3.63, 3.8) is 0 Å². The van der Waals surface area contributed by atoms with Gasteiger partial charge in [-0.3, -0.25) is 9.59 Å². The van der Waals surface area contributed by atoms with Crippen molar-refractivity contribution in [3.05, 3.63) is 34.5 Å². The Morgan fingerprint density at radius 1 is 1.50 bits per heavy atom. The minimum atomic E-state index is -1.08. The Morgan fingerprint density at radius 3 is 2.85 bits per heavy atom. The molecule has 1 aromatic rings. The Balaban J connectivity index is 0.000000765. The van der Waals surface area contributed by atoms with Crippen LogP contribution in [0.2, 0.25) is 0 Å². The Labute approximate surface area is 155 Å². The Morgan fingerprint density at radius 2 is 2.23 bits per heavy atom. The van der Waals surface area contributed by atoms with E-state index in [1.807, 2.05) is 11.5 Å². The van der Waals surface area contributed by atoms with Crippen LogP contribution in [-0.2, 0) is 19.1 Å². The lowest BCUT2D eigenvalue weighted by Crippen LogP contribution is -2.49. The zero-order valence-electron chi connectivity index (χ0n) is 14.2. The van der Waals surface area contributed by atoms with Crippen molar-refractivity contribution in [2.24, 2.45) is 5.16 Å². The number of aliphatic carboxylic acids is 1. The fraction of sp³-hybridized carbons (Fsp3) is 0.400. The molecule has 0 saturated carbocycles. The van der Waals surface area contributed by atoms with Gasteiger partial charge in [0, 0.05) is 13.5 Å². The SMILES string of the molecule is CC(=O)O.O=C(NC1CC=CCOB1O)/C(=N/OCCO)c1cccs1. The number of carboxylic acids is 1. The Hall–Kier alpha value is -2.21. The summed E-state index contributed by atoms with van der Waals surface area (Å²) in [5, 5.41) is 34.3. The van der Waals surface area contributed by atoms with Crippen molar-refractivity contribution in [3.8, 4) is 0 Å². The zero-order chi connectivity index (χ0) is 19.4. The fourth-order valence-electron chi connectivity index (χ4n) is 1.83. The van der Waals surface area contributed by atoms with E-state index in [2.05, 4.69) is 10.5 Å². The van der Waals surface area contributed by atoms with Gasteiger partial charge in [-0.15, -0.1) is 11.3 Å². The average molecular weight is 384 g/mol.